The van der Waals surface area contributed by atoms with E-state index in [0.717, 1.165) is 89.9 Å². The van der Waals surface area contributed by atoms with Crippen LogP contribution in [0, 0.1) is 0 Å². The van der Waals surface area contributed by atoms with E-state index in [1.54, 1.807) is 0 Å². The van der Waals surface area contributed by atoms with Gasteiger partial charge in [-0.25, -0.2) is 9.13 Å². The molecule has 0 bridgehead atoms. The van der Waals surface area contributed by atoms with Gasteiger partial charge in [0.15, 0.2) is 12.2 Å². The molecule has 0 aromatic rings. The molecule has 3 N–H and O–H groups in total. The fourth-order valence-corrected chi connectivity index (χ4v) is 15.8. The van der Waals surface area contributed by atoms with Crippen LogP contribution >= 0.6 is 15.6 Å². The molecule has 19 heteroatoms. The molecule has 0 radical (unpaired) electrons. The number of hydrogen-bond acceptors (Lipinski definition) is 15. The van der Waals surface area contributed by atoms with Crippen molar-refractivity contribution in [3.63, 3.8) is 0 Å². The summed E-state index contributed by atoms with van der Waals surface area (Å²) in [6.45, 7) is 5.06. The number of carbonyl (C=O) groups excluding carboxylic acids is 4. The molecular weight excluding hydrogens is 1410 g/mol. The summed E-state index contributed by atoms with van der Waals surface area (Å²) in [7, 11) is -9.93. The summed E-state index contributed by atoms with van der Waals surface area (Å²) >= 11 is 0. The van der Waals surface area contributed by atoms with Gasteiger partial charge in [-0.3, -0.25) is 37.3 Å². The number of hydrogen-bond donors (Lipinski definition) is 3. The van der Waals surface area contributed by atoms with Gasteiger partial charge in [-0.05, 0) is 25.7 Å². The molecule has 0 aliphatic carbocycles. The minimum atomic E-state index is -4.97. The Morgan fingerprint density at radius 1 is 0.220 bits per heavy atom. The second kappa shape index (κ2) is 84.0. The Labute approximate surface area is 670 Å². The SMILES string of the molecule is CCCCCCCCCCCCCCCCCCCCCCCC(=O)O[C@H](COC(=O)CCCCCCCCCCCCCCCCCCCCCC)COP(=O)(O)OC[C@@H](O)COP(=O)(O)OC[C@@H](COC(=O)CCCCCCCCCCC)OC(=O)CCCCCCCCCCCCCCCCCCCCC. The highest BCUT2D eigenvalue weighted by atomic mass is 31.2. The zero-order chi connectivity index (χ0) is 79.6. The first-order chi connectivity index (χ1) is 53.2. The van der Waals surface area contributed by atoms with Crippen LogP contribution in [0.4, 0.5) is 0 Å². The molecule has 0 spiro atoms. The highest BCUT2D eigenvalue weighted by Crippen LogP contribution is 2.45. The number of aliphatic hydroxyl groups excluding tert-OH is 1. The van der Waals surface area contributed by atoms with Crippen molar-refractivity contribution in [1.82, 2.24) is 0 Å². The Morgan fingerprint density at radius 3 is 0.541 bits per heavy atom. The van der Waals surface area contributed by atoms with Gasteiger partial charge in [-0.1, -0.05) is 445 Å². The normalized spacial score (nSPS) is 13.6. The van der Waals surface area contributed by atoms with Crippen LogP contribution in [0.15, 0.2) is 0 Å². The molecule has 0 aromatic heterocycles. The largest absolute Gasteiger partial charge is 0.472 e. The van der Waals surface area contributed by atoms with Gasteiger partial charge in [0.25, 0.3) is 0 Å². The summed E-state index contributed by atoms with van der Waals surface area (Å²) < 4.78 is 69.0. The molecule has 2 unspecified atom stereocenters. The van der Waals surface area contributed by atoms with Crippen molar-refractivity contribution in [2.75, 3.05) is 39.6 Å². The maximum Gasteiger partial charge on any atom is 0.472 e. The molecule has 0 fully saturated rings. The van der Waals surface area contributed by atoms with E-state index in [-0.39, 0.29) is 25.7 Å². The number of carbonyl (C=O) groups is 4. The van der Waals surface area contributed by atoms with Crippen molar-refractivity contribution in [3.05, 3.63) is 0 Å². The van der Waals surface area contributed by atoms with Crippen LogP contribution in [0.3, 0.4) is 0 Å². The van der Waals surface area contributed by atoms with E-state index in [9.17, 15) is 43.2 Å². The second-order valence-electron chi connectivity index (χ2n) is 32.3. The van der Waals surface area contributed by atoms with Crippen molar-refractivity contribution in [2.45, 2.75) is 515 Å². The third kappa shape index (κ3) is 83.8. The van der Waals surface area contributed by atoms with E-state index in [1.807, 2.05) is 0 Å². The zero-order valence-electron chi connectivity index (χ0n) is 71.5. The van der Waals surface area contributed by atoms with E-state index in [4.69, 9.17) is 37.0 Å². The third-order valence-electron chi connectivity index (χ3n) is 21.4. The van der Waals surface area contributed by atoms with Crippen LogP contribution in [0.1, 0.15) is 496 Å². The first-order valence-electron chi connectivity index (χ1n) is 46.8. The smallest absolute Gasteiger partial charge is 0.462 e. The molecule has 0 aliphatic heterocycles. The Balaban J connectivity index is 5.19. The predicted octanol–water partition coefficient (Wildman–Crippen LogP) is 28.1. The number of phosphoric acid groups is 2. The summed E-state index contributed by atoms with van der Waals surface area (Å²) in [4.78, 5) is 73.3. The molecule has 0 amide bonds. The van der Waals surface area contributed by atoms with Gasteiger partial charge in [0.2, 0.25) is 0 Å². The van der Waals surface area contributed by atoms with Gasteiger partial charge in [0, 0.05) is 25.7 Å². The van der Waals surface area contributed by atoms with E-state index < -0.39 is 97.5 Å². The molecule has 109 heavy (non-hydrogen) atoms. The predicted molar refractivity (Wildman–Crippen MR) is 451 cm³/mol. The second-order valence-corrected chi connectivity index (χ2v) is 35.3. The quantitative estimate of drug-likeness (QED) is 0.0222. The standard InChI is InChI=1S/C90H176O17P2/c1-5-9-13-17-21-25-28-31-34-37-40-42-45-48-51-54-57-61-65-69-73-77-90(95)107-86(81-101-88(93)75-71-67-63-59-55-52-49-46-44-41-38-35-32-29-26-22-18-14-10-6-2)83-105-109(98,99)103-79-84(91)78-102-108(96,97)104-82-85(80-100-87(92)74-70-66-62-58-24-20-16-12-8-4)106-89(94)76-72-68-64-60-56-53-50-47-43-39-36-33-30-27-23-19-15-11-7-3/h84-86,91H,5-83H2,1-4H3,(H,96,97)(H,98,99)/t84-,85+,86+/m0/s1. The minimum Gasteiger partial charge on any atom is -0.462 e. The molecular formula is C90H176O17P2. The van der Waals surface area contributed by atoms with Crippen LogP contribution in [0.25, 0.3) is 0 Å². The highest BCUT2D eigenvalue weighted by Gasteiger charge is 2.30. The Kier molecular flexibility index (Phi) is 82.5. The molecule has 0 saturated carbocycles. The van der Waals surface area contributed by atoms with Crippen LogP contribution in [0.5, 0.6) is 0 Å². The van der Waals surface area contributed by atoms with E-state index in [1.165, 1.54) is 327 Å². The van der Waals surface area contributed by atoms with Crippen molar-refractivity contribution in [1.29, 1.82) is 0 Å². The topological polar surface area (TPSA) is 237 Å². The summed E-state index contributed by atoms with van der Waals surface area (Å²) in [5.41, 5.74) is 0. The van der Waals surface area contributed by atoms with Crippen molar-refractivity contribution in [2.24, 2.45) is 0 Å². The molecule has 0 aromatic carbocycles. The molecule has 0 heterocycles. The van der Waals surface area contributed by atoms with Gasteiger partial charge in [0.05, 0.1) is 26.4 Å². The third-order valence-corrected chi connectivity index (χ3v) is 23.3. The number of rotatable bonds is 91. The van der Waals surface area contributed by atoms with Gasteiger partial charge >= 0.3 is 39.5 Å². The number of unbranched alkanes of at least 4 members (excludes halogenated alkanes) is 65. The average Bonchev–Trinajstić information content (AvgIpc) is 0.901. The first kappa shape index (κ1) is 107. The zero-order valence-corrected chi connectivity index (χ0v) is 73.3. The monoisotopic (exact) mass is 1590 g/mol. The summed E-state index contributed by atoms with van der Waals surface area (Å²) in [6, 6.07) is 0. The number of aliphatic hydroxyl groups is 1. The molecule has 648 valence electrons. The van der Waals surface area contributed by atoms with E-state index in [0.29, 0.717) is 25.7 Å². The van der Waals surface area contributed by atoms with Crippen molar-refractivity contribution in [3.8, 4) is 0 Å². The molecule has 17 nitrogen and oxygen atoms in total. The summed E-state index contributed by atoms with van der Waals surface area (Å²) in [5.74, 6) is -2.09. The molecule has 0 aliphatic rings. The number of esters is 4. The first-order valence-corrected chi connectivity index (χ1v) is 49.8. The van der Waals surface area contributed by atoms with Crippen molar-refractivity contribution >= 4 is 39.5 Å². The average molecular weight is 1590 g/mol. The molecule has 5 atom stereocenters. The minimum absolute atomic E-state index is 0.109. The van der Waals surface area contributed by atoms with E-state index in [2.05, 4.69) is 27.7 Å². The highest BCUT2D eigenvalue weighted by molar-refractivity contribution is 7.47. The number of phosphoric ester groups is 2. The van der Waals surface area contributed by atoms with Crippen molar-refractivity contribution < 1.29 is 80.2 Å². The maximum atomic E-state index is 13.2. The fraction of sp³-hybridized carbons (Fsp3) is 0.956. The molecule has 0 rings (SSSR count). The maximum absolute atomic E-state index is 13.2. The lowest BCUT2D eigenvalue weighted by Crippen LogP contribution is -2.30. The Morgan fingerprint density at radius 2 is 0.367 bits per heavy atom. The van der Waals surface area contributed by atoms with Crippen LogP contribution in [-0.2, 0) is 65.4 Å². The van der Waals surface area contributed by atoms with Gasteiger partial charge in [-0.15, -0.1) is 0 Å². The summed E-state index contributed by atoms with van der Waals surface area (Å²) in [6.07, 6.45) is 80.8. The fourth-order valence-electron chi connectivity index (χ4n) is 14.2. The lowest BCUT2D eigenvalue weighted by Gasteiger charge is -2.21. The van der Waals surface area contributed by atoms with Crippen LogP contribution < -0.4 is 0 Å². The Bertz CT molecular complexity index is 2050. The van der Waals surface area contributed by atoms with Crippen LogP contribution in [-0.4, -0.2) is 96.7 Å². The number of ether oxygens (including phenoxy) is 4. The van der Waals surface area contributed by atoms with E-state index >= 15 is 0 Å². The lowest BCUT2D eigenvalue weighted by molar-refractivity contribution is -0.161. The van der Waals surface area contributed by atoms with Gasteiger partial charge < -0.3 is 33.8 Å². The lowest BCUT2D eigenvalue weighted by atomic mass is 10.0. The van der Waals surface area contributed by atoms with Crippen LogP contribution in [0.2, 0.25) is 0 Å². The van der Waals surface area contributed by atoms with Gasteiger partial charge in [0.1, 0.15) is 19.3 Å². The summed E-state index contributed by atoms with van der Waals surface area (Å²) in [5, 5.41) is 10.7. The Hall–Kier alpha value is -1.94. The van der Waals surface area contributed by atoms with Gasteiger partial charge in [-0.2, -0.15) is 0 Å². The molecule has 0 saturated heterocycles.